The Morgan fingerprint density at radius 3 is 2.56 bits per heavy atom. The zero-order valence-corrected chi connectivity index (χ0v) is 18.9. The average molecular weight is 462 g/mol. The van der Waals surface area contributed by atoms with Crippen molar-refractivity contribution < 1.29 is 23.9 Å². The lowest BCUT2D eigenvalue weighted by Gasteiger charge is -2.29. The van der Waals surface area contributed by atoms with Crippen LogP contribution in [0.4, 0.5) is 4.79 Å². The normalized spacial score (nSPS) is 19.4. The second kappa shape index (κ2) is 9.29. The zero-order chi connectivity index (χ0) is 23.7. The number of imide groups is 1. The highest BCUT2D eigenvalue weighted by atomic mass is 16.5. The number of fused-ring (bicyclic) bond motifs is 2. The molecule has 2 aromatic rings. The third-order valence-corrected chi connectivity index (χ3v) is 6.81. The van der Waals surface area contributed by atoms with E-state index in [0.717, 1.165) is 24.0 Å². The lowest BCUT2D eigenvalue weighted by atomic mass is 9.90. The molecule has 0 bridgehead atoms. The van der Waals surface area contributed by atoms with Crippen LogP contribution in [0.5, 0.6) is 0 Å². The van der Waals surface area contributed by atoms with E-state index in [9.17, 15) is 19.2 Å². The number of hydrogen-bond acceptors (Lipinski definition) is 5. The molecule has 1 aliphatic carbocycles. The number of carbonyl (C=O) groups excluding carboxylic acids is 4. The number of aryl methyl sites for hydroxylation is 2. The fourth-order valence-electron chi connectivity index (χ4n) is 4.96. The van der Waals surface area contributed by atoms with Crippen LogP contribution < -0.4 is 10.6 Å². The van der Waals surface area contributed by atoms with Crippen LogP contribution in [0.1, 0.15) is 63.9 Å². The van der Waals surface area contributed by atoms with Crippen LogP contribution in [-0.4, -0.2) is 34.8 Å². The molecule has 1 saturated heterocycles. The Bertz CT molecular complexity index is 1180. The van der Waals surface area contributed by atoms with Gasteiger partial charge in [-0.3, -0.25) is 19.7 Å². The lowest BCUT2D eigenvalue weighted by molar-refractivity contribution is -0.136. The predicted octanol–water partition coefficient (Wildman–Crippen LogP) is 2.75. The van der Waals surface area contributed by atoms with Crippen molar-refractivity contribution in [1.29, 1.82) is 0 Å². The van der Waals surface area contributed by atoms with Gasteiger partial charge in [0.05, 0.1) is 0 Å². The van der Waals surface area contributed by atoms with Crippen molar-refractivity contribution in [3.63, 3.8) is 0 Å². The first-order chi connectivity index (χ1) is 16.5. The van der Waals surface area contributed by atoms with E-state index in [1.807, 2.05) is 18.2 Å². The number of rotatable bonds is 5. The summed E-state index contributed by atoms with van der Waals surface area (Å²) in [5.41, 5.74) is 5.83. The summed E-state index contributed by atoms with van der Waals surface area (Å²) in [6.45, 7) is 0.757. The first-order valence-electron chi connectivity index (χ1n) is 11.8. The van der Waals surface area contributed by atoms with Gasteiger partial charge in [-0.15, -0.1) is 0 Å². The molecule has 176 valence electrons. The smallest absolute Gasteiger partial charge is 0.407 e. The Morgan fingerprint density at radius 2 is 1.74 bits per heavy atom. The van der Waals surface area contributed by atoms with Gasteiger partial charge in [0.15, 0.2) is 0 Å². The van der Waals surface area contributed by atoms with Crippen molar-refractivity contribution in [3.8, 4) is 0 Å². The van der Waals surface area contributed by atoms with Gasteiger partial charge in [0.1, 0.15) is 12.6 Å². The molecule has 0 aromatic heterocycles. The third kappa shape index (κ3) is 4.53. The predicted molar refractivity (Wildman–Crippen MR) is 123 cm³/mol. The molecular formula is C26H27N3O5. The molecule has 0 spiro atoms. The second-order valence-corrected chi connectivity index (χ2v) is 9.13. The molecule has 34 heavy (non-hydrogen) atoms. The minimum Gasteiger partial charge on any atom is -0.445 e. The van der Waals surface area contributed by atoms with E-state index in [-0.39, 0.29) is 24.8 Å². The van der Waals surface area contributed by atoms with Crippen LogP contribution in [0, 0.1) is 0 Å². The number of piperidine rings is 1. The van der Waals surface area contributed by atoms with Gasteiger partial charge in [-0.25, -0.2) is 4.79 Å². The minimum atomic E-state index is -0.647. The van der Waals surface area contributed by atoms with Gasteiger partial charge in [0.25, 0.3) is 5.91 Å². The third-order valence-electron chi connectivity index (χ3n) is 6.81. The Morgan fingerprint density at radius 1 is 0.971 bits per heavy atom. The van der Waals surface area contributed by atoms with Crippen LogP contribution in [0.2, 0.25) is 0 Å². The van der Waals surface area contributed by atoms with Crippen LogP contribution in [0.3, 0.4) is 0 Å². The van der Waals surface area contributed by atoms with Crippen molar-refractivity contribution in [2.75, 3.05) is 0 Å². The quantitative estimate of drug-likeness (QED) is 0.667. The molecule has 1 fully saturated rings. The molecular weight excluding hydrogens is 434 g/mol. The summed E-state index contributed by atoms with van der Waals surface area (Å²) in [6.07, 6.45) is 4.68. The van der Waals surface area contributed by atoms with Gasteiger partial charge in [0, 0.05) is 25.1 Å². The molecule has 2 aliphatic heterocycles. The molecule has 4 amide bonds. The fourth-order valence-corrected chi connectivity index (χ4v) is 4.96. The maximum Gasteiger partial charge on any atom is 0.407 e. The van der Waals surface area contributed by atoms with E-state index in [2.05, 4.69) is 22.8 Å². The standard InChI is InChI=1S/C26H27N3O5/c30-23-10-9-22(24(31)28-23)29-14-20-8-6-17(12-21(20)25(29)32)15-34-26(33)27-13-16-5-7-18-3-1-2-4-19(18)11-16/h5-8,11-12,22H,1-4,9-10,13-15H2,(H,27,33)(H,28,30,31). The zero-order valence-electron chi connectivity index (χ0n) is 18.9. The topological polar surface area (TPSA) is 105 Å². The molecule has 8 heteroatoms. The SMILES string of the molecule is O=C1CCC(N2Cc3ccc(COC(=O)NCc4ccc5c(c4)CCCC5)cc3C2=O)C(=O)N1. The van der Waals surface area contributed by atoms with Crippen molar-refractivity contribution >= 4 is 23.8 Å². The highest BCUT2D eigenvalue weighted by Gasteiger charge is 2.39. The summed E-state index contributed by atoms with van der Waals surface area (Å²) < 4.78 is 5.35. The van der Waals surface area contributed by atoms with E-state index < -0.39 is 18.0 Å². The molecule has 2 heterocycles. The Hall–Kier alpha value is -3.68. The number of ether oxygens (including phenoxy) is 1. The maximum absolute atomic E-state index is 12.9. The molecule has 8 nitrogen and oxygen atoms in total. The van der Waals surface area contributed by atoms with Gasteiger partial charge in [-0.05, 0) is 66.0 Å². The molecule has 1 unspecified atom stereocenters. The number of alkyl carbamates (subject to hydrolysis) is 1. The number of benzene rings is 2. The van der Waals surface area contributed by atoms with E-state index in [1.165, 1.54) is 28.9 Å². The summed E-state index contributed by atoms with van der Waals surface area (Å²) >= 11 is 0. The largest absolute Gasteiger partial charge is 0.445 e. The van der Waals surface area contributed by atoms with Crippen LogP contribution in [0.25, 0.3) is 0 Å². The highest BCUT2D eigenvalue weighted by molar-refractivity contribution is 6.05. The molecule has 2 aromatic carbocycles. The van der Waals surface area contributed by atoms with Gasteiger partial charge in [-0.2, -0.15) is 0 Å². The monoisotopic (exact) mass is 461 g/mol. The molecule has 5 rings (SSSR count). The van der Waals surface area contributed by atoms with E-state index in [1.54, 1.807) is 6.07 Å². The molecule has 0 radical (unpaired) electrons. The van der Waals surface area contributed by atoms with Gasteiger partial charge in [-0.1, -0.05) is 30.3 Å². The number of carbonyl (C=O) groups is 4. The Balaban J connectivity index is 1.15. The van der Waals surface area contributed by atoms with E-state index in [4.69, 9.17) is 4.74 Å². The fraction of sp³-hybridized carbons (Fsp3) is 0.385. The average Bonchev–Trinajstić information content (AvgIpc) is 3.17. The number of hydrogen-bond donors (Lipinski definition) is 2. The highest BCUT2D eigenvalue weighted by Crippen LogP contribution is 2.28. The maximum atomic E-state index is 12.9. The van der Waals surface area contributed by atoms with Crippen molar-refractivity contribution in [1.82, 2.24) is 15.5 Å². The van der Waals surface area contributed by atoms with E-state index in [0.29, 0.717) is 30.6 Å². The summed E-state index contributed by atoms with van der Waals surface area (Å²) in [4.78, 5) is 50.2. The molecule has 0 saturated carbocycles. The first-order valence-corrected chi connectivity index (χ1v) is 11.8. The van der Waals surface area contributed by atoms with Crippen molar-refractivity contribution in [3.05, 3.63) is 69.8 Å². The summed E-state index contributed by atoms with van der Waals surface area (Å²) in [6, 6.07) is 11.1. The summed E-state index contributed by atoms with van der Waals surface area (Å²) in [5, 5.41) is 5.09. The van der Waals surface area contributed by atoms with Crippen LogP contribution >= 0.6 is 0 Å². The van der Waals surface area contributed by atoms with Crippen LogP contribution in [0.15, 0.2) is 36.4 Å². The minimum absolute atomic E-state index is 0.0367. The molecule has 2 N–H and O–H groups in total. The second-order valence-electron chi connectivity index (χ2n) is 9.13. The molecule has 1 atom stereocenters. The summed E-state index contributed by atoms with van der Waals surface area (Å²) in [7, 11) is 0. The number of nitrogens with one attached hydrogen (secondary N) is 2. The van der Waals surface area contributed by atoms with Crippen LogP contribution in [-0.2, 0) is 46.9 Å². The number of nitrogens with zero attached hydrogens (tertiary/aromatic N) is 1. The van der Waals surface area contributed by atoms with Gasteiger partial charge < -0.3 is 15.0 Å². The van der Waals surface area contributed by atoms with Crippen molar-refractivity contribution in [2.24, 2.45) is 0 Å². The van der Waals surface area contributed by atoms with Gasteiger partial charge in [0.2, 0.25) is 11.8 Å². The van der Waals surface area contributed by atoms with E-state index >= 15 is 0 Å². The number of amides is 4. The molecule has 3 aliphatic rings. The Kier molecular flexibility index (Phi) is 6.04. The summed E-state index contributed by atoms with van der Waals surface area (Å²) in [5.74, 6) is -0.991. The van der Waals surface area contributed by atoms with Crippen molar-refractivity contribution in [2.45, 2.75) is 64.3 Å². The lowest BCUT2D eigenvalue weighted by Crippen LogP contribution is -2.52. The first kappa shape index (κ1) is 22.1. The Labute approximate surface area is 197 Å². The van der Waals surface area contributed by atoms with Gasteiger partial charge >= 0.3 is 6.09 Å².